The summed E-state index contributed by atoms with van der Waals surface area (Å²) in [5.41, 5.74) is 0.319. The Balaban J connectivity index is 1.13. The van der Waals surface area contributed by atoms with Crippen LogP contribution in [0.4, 0.5) is 0 Å². The van der Waals surface area contributed by atoms with Crippen LogP contribution in [0.3, 0.4) is 0 Å². The van der Waals surface area contributed by atoms with Crippen LogP contribution in [0.1, 0.15) is 57.8 Å². The van der Waals surface area contributed by atoms with Crippen LogP contribution in [0.15, 0.2) is 28.8 Å². The summed E-state index contributed by atoms with van der Waals surface area (Å²) in [5, 5.41) is 14.4. The Labute approximate surface area is 210 Å². The van der Waals surface area contributed by atoms with E-state index in [0.717, 1.165) is 19.3 Å². The van der Waals surface area contributed by atoms with Crippen molar-refractivity contribution in [2.24, 2.45) is 23.2 Å². The Hall–Kier alpha value is -2.94. The minimum absolute atomic E-state index is 0.0349. The highest BCUT2D eigenvalue weighted by molar-refractivity contribution is 5.89. The first-order chi connectivity index (χ1) is 17.4. The third-order valence-electron chi connectivity index (χ3n) is 8.54. The van der Waals surface area contributed by atoms with Crippen molar-refractivity contribution in [3.05, 3.63) is 30.2 Å². The monoisotopic (exact) mass is 495 g/mol. The van der Waals surface area contributed by atoms with Gasteiger partial charge in [0.15, 0.2) is 6.61 Å². The standard InChI is InChI=1S/C27H33N3O6/c1-2-34-22-6-4-3-5-20(22)24-28-23(36-29-24)15-35-25(32)21-10-19(31)14-30(21)26(33)27-11-16-7-17(12-27)9-18(8-16)13-27/h3-6,16-19,21,31H,2,7-15H2,1H3/t16?,17?,18?,19?,21-,27?/m0/s1. The smallest absolute Gasteiger partial charge is 0.329 e. The van der Waals surface area contributed by atoms with E-state index in [1.54, 1.807) is 4.90 Å². The zero-order valence-corrected chi connectivity index (χ0v) is 20.6. The number of aliphatic hydroxyl groups excluding tert-OH is 1. The van der Waals surface area contributed by atoms with Crippen LogP contribution in [0.25, 0.3) is 11.4 Å². The number of esters is 1. The number of hydrogen-bond donors (Lipinski definition) is 1. The summed E-state index contributed by atoms with van der Waals surface area (Å²) in [4.78, 5) is 32.9. The van der Waals surface area contributed by atoms with E-state index >= 15 is 0 Å². The number of carbonyl (C=O) groups is 2. The SMILES string of the molecule is CCOc1ccccc1-c1noc(COC(=O)[C@@H]2CC(O)CN2C(=O)C23CC4CC(CC(C4)C2)C3)n1. The molecule has 0 spiro atoms. The van der Waals surface area contributed by atoms with Crippen molar-refractivity contribution < 1.29 is 28.7 Å². The van der Waals surface area contributed by atoms with Gasteiger partial charge < -0.3 is 24.0 Å². The van der Waals surface area contributed by atoms with Crippen LogP contribution >= 0.6 is 0 Å². The lowest BCUT2D eigenvalue weighted by Gasteiger charge is -2.56. The molecule has 1 aromatic heterocycles. The highest BCUT2D eigenvalue weighted by atomic mass is 16.6. The summed E-state index contributed by atoms with van der Waals surface area (Å²) >= 11 is 0. The average Bonchev–Trinajstić information content (AvgIpc) is 3.48. The van der Waals surface area contributed by atoms with Crippen LogP contribution < -0.4 is 4.74 Å². The molecule has 0 radical (unpaired) electrons. The molecule has 2 heterocycles. The second-order valence-electron chi connectivity index (χ2n) is 11.1. The van der Waals surface area contributed by atoms with E-state index in [-0.39, 0.29) is 36.8 Å². The number of benzene rings is 1. The molecule has 1 aromatic carbocycles. The van der Waals surface area contributed by atoms with Crippen molar-refractivity contribution in [2.45, 2.75) is 70.6 Å². The average molecular weight is 496 g/mol. The molecule has 4 aliphatic carbocycles. The van der Waals surface area contributed by atoms with Gasteiger partial charge in [0, 0.05) is 13.0 Å². The second kappa shape index (κ2) is 9.18. The Bertz CT molecular complexity index is 1110. The third kappa shape index (κ3) is 4.17. The van der Waals surface area contributed by atoms with Gasteiger partial charge in [0.2, 0.25) is 11.7 Å². The first-order valence-electron chi connectivity index (χ1n) is 13.1. The largest absolute Gasteiger partial charge is 0.493 e. The van der Waals surface area contributed by atoms with Crippen molar-refractivity contribution in [1.29, 1.82) is 0 Å². The van der Waals surface area contributed by atoms with Crippen molar-refractivity contribution in [2.75, 3.05) is 13.2 Å². The summed E-state index contributed by atoms with van der Waals surface area (Å²) in [6.07, 6.45) is 5.92. The topological polar surface area (TPSA) is 115 Å². The number of carbonyl (C=O) groups excluding carboxylic acids is 2. The first kappa shape index (κ1) is 23.5. The van der Waals surface area contributed by atoms with E-state index in [9.17, 15) is 14.7 Å². The molecule has 4 saturated carbocycles. The summed E-state index contributed by atoms with van der Waals surface area (Å²) in [6.45, 7) is 2.38. The highest BCUT2D eigenvalue weighted by Gasteiger charge is 2.57. The highest BCUT2D eigenvalue weighted by Crippen LogP contribution is 2.60. The minimum Gasteiger partial charge on any atom is -0.493 e. The van der Waals surface area contributed by atoms with Gasteiger partial charge in [-0.3, -0.25) is 4.79 Å². The van der Waals surface area contributed by atoms with Gasteiger partial charge in [-0.2, -0.15) is 4.98 Å². The number of hydrogen-bond acceptors (Lipinski definition) is 8. The molecular weight excluding hydrogens is 462 g/mol. The molecule has 9 heteroatoms. The summed E-state index contributed by atoms with van der Waals surface area (Å²) in [7, 11) is 0. The molecule has 1 aliphatic heterocycles. The van der Waals surface area contributed by atoms with E-state index in [1.807, 2.05) is 31.2 Å². The number of para-hydroxylation sites is 1. The fraction of sp³-hybridized carbons (Fsp3) is 0.630. The first-order valence-corrected chi connectivity index (χ1v) is 13.1. The Morgan fingerprint density at radius 2 is 1.81 bits per heavy atom. The predicted molar refractivity (Wildman–Crippen MR) is 127 cm³/mol. The third-order valence-corrected chi connectivity index (χ3v) is 8.54. The second-order valence-corrected chi connectivity index (χ2v) is 11.1. The Morgan fingerprint density at radius 3 is 2.50 bits per heavy atom. The van der Waals surface area contributed by atoms with Crippen LogP contribution in [0.5, 0.6) is 5.75 Å². The van der Waals surface area contributed by atoms with Crippen LogP contribution in [0, 0.1) is 23.2 Å². The molecule has 5 fully saturated rings. The molecule has 1 unspecified atom stereocenters. The molecule has 5 aliphatic rings. The number of aromatic nitrogens is 2. The zero-order chi connectivity index (χ0) is 24.9. The number of likely N-dealkylation sites (tertiary alicyclic amines) is 1. The molecule has 36 heavy (non-hydrogen) atoms. The van der Waals surface area contributed by atoms with E-state index in [1.165, 1.54) is 19.3 Å². The number of β-amino-alcohol motifs (C(OH)–C–C–N with tert-alkyl or cyclic N) is 1. The molecule has 1 saturated heterocycles. The lowest BCUT2D eigenvalue weighted by Crippen LogP contribution is -2.56. The molecule has 7 rings (SSSR count). The molecule has 1 N–H and O–H groups in total. The summed E-state index contributed by atoms with van der Waals surface area (Å²) in [6, 6.07) is 6.59. The van der Waals surface area contributed by atoms with Crippen molar-refractivity contribution in [1.82, 2.24) is 15.0 Å². The van der Waals surface area contributed by atoms with Gasteiger partial charge >= 0.3 is 5.97 Å². The van der Waals surface area contributed by atoms with E-state index in [0.29, 0.717) is 41.5 Å². The van der Waals surface area contributed by atoms with Crippen molar-refractivity contribution in [3.8, 4) is 17.1 Å². The fourth-order valence-corrected chi connectivity index (χ4v) is 7.52. The number of nitrogens with zero attached hydrogens (tertiary/aromatic N) is 3. The number of ether oxygens (including phenoxy) is 2. The lowest BCUT2D eigenvalue weighted by molar-refractivity contribution is -0.166. The molecule has 4 bridgehead atoms. The van der Waals surface area contributed by atoms with Gasteiger partial charge in [0.05, 0.1) is 23.7 Å². The van der Waals surface area contributed by atoms with Crippen molar-refractivity contribution >= 4 is 11.9 Å². The zero-order valence-electron chi connectivity index (χ0n) is 20.6. The van der Waals surface area contributed by atoms with Crippen molar-refractivity contribution in [3.63, 3.8) is 0 Å². The molecule has 9 nitrogen and oxygen atoms in total. The molecule has 2 aromatic rings. The maximum atomic E-state index is 13.8. The summed E-state index contributed by atoms with van der Waals surface area (Å²) in [5.74, 6) is 2.50. The van der Waals surface area contributed by atoms with Gasteiger partial charge in [0.1, 0.15) is 11.8 Å². The van der Waals surface area contributed by atoms with Gasteiger partial charge in [0.25, 0.3) is 5.89 Å². The number of aliphatic hydroxyl groups is 1. The van der Waals surface area contributed by atoms with Gasteiger partial charge in [-0.25, -0.2) is 4.79 Å². The quantitative estimate of drug-likeness (QED) is 0.582. The van der Waals surface area contributed by atoms with E-state index in [4.69, 9.17) is 14.0 Å². The Morgan fingerprint density at radius 1 is 1.11 bits per heavy atom. The van der Waals surface area contributed by atoms with Gasteiger partial charge in [-0.15, -0.1) is 0 Å². The maximum absolute atomic E-state index is 13.8. The number of rotatable bonds is 7. The normalized spacial score (nSPS) is 32.6. The molecule has 1 amide bonds. The maximum Gasteiger partial charge on any atom is 0.329 e. The van der Waals surface area contributed by atoms with E-state index < -0.39 is 18.1 Å². The lowest BCUT2D eigenvalue weighted by atomic mass is 9.49. The van der Waals surface area contributed by atoms with Crippen LogP contribution in [-0.4, -0.2) is 57.3 Å². The Kier molecular flexibility index (Phi) is 5.98. The van der Waals surface area contributed by atoms with Crippen LogP contribution in [-0.2, 0) is 20.9 Å². The van der Waals surface area contributed by atoms with Gasteiger partial charge in [-0.05, 0) is 75.3 Å². The van der Waals surface area contributed by atoms with Gasteiger partial charge in [-0.1, -0.05) is 17.3 Å². The molecular formula is C27H33N3O6. The molecule has 2 atom stereocenters. The predicted octanol–water partition coefficient (Wildman–Crippen LogP) is 3.36. The summed E-state index contributed by atoms with van der Waals surface area (Å²) < 4.78 is 16.4. The van der Waals surface area contributed by atoms with E-state index in [2.05, 4.69) is 10.1 Å². The number of amides is 1. The molecule has 192 valence electrons. The minimum atomic E-state index is -0.790. The van der Waals surface area contributed by atoms with Crippen LogP contribution in [0.2, 0.25) is 0 Å². The fourth-order valence-electron chi connectivity index (χ4n) is 7.52.